The summed E-state index contributed by atoms with van der Waals surface area (Å²) in [5.74, 6) is 0. The first kappa shape index (κ1) is 8.82. The molecule has 0 heterocycles. The zero-order chi connectivity index (χ0) is 7.98. The molecular weight excluding hydrogens is 124 g/mol. The molecule has 10 heavy (non-hydrogen) atoms. The Bertz CT molecular complexity index is 147. The number of hydrogen-bond acceptors (Lipinski definition) is 2. The zero-order valence-corrected chi connectivity index (χ0v) is 6.38. The molecule has 0 aliphatic carbocycles. The van der Waals surface area contributed by atoms with Gasteiger partial charge >= 0.3 is 0 Å². The summed E-state index contributed by atoms with van der Waals surface area (Å²) in [5.41, 5.74) is 6.06. The van der Waals surface area contributed by atoms with Crippen LogP contribution in [0, 0.1) is 0 Å². The van der Waals surface area contributed by atoms with Gasteiger partial charge in [-0.3, -0.25) is 0 Å². The molecule has 56 valence electrons. The van der Waals surface area contributed by atoms with E-state index < -0.39 is 0 Å². The molecule has 0 aromatic rings. The van der Waals surface area contributed by atoms with Crippen molar-refractivity contribution in [3.05, 3.63) is 37.3 Å². The molecule has 2 nitrogen and oxygen atoms in total. The van der Waals surface area contributed by atoms with Crippen LogP contribution in [0.3, 0.4) is 0 Å². The van der Waals surface area contributed by atoms with Crippen molar-refractivity contribution in [1.82, 2.24) is 4.90 Å². The van der Waals surface area contributed by atoms with E-state index in [4.69, 9.17) is 5.73 Å². The van der Waals surface area contributed by atoms with Crippen LogP contribution in [0.25, 0.3) is 0 Å². The van der Waals surface area contributed by atoms with Gasteiger partial charge in [-0.05, 0) is 13.0 Å². The second-order valence-electron chi connectivity index (χ2n) is 1.82. The van der Waals surface area contributed by atoms with Gasteiger partial charge in [0.15, 0.2) is 0 Å². The van der Waals surface area contributed by atoms with Crippen LogP contribution in [0.5, 0.6) is 0 Å². The van der Waals surface area contributed by atoms with Crippen LogP contribution >= 0.6 is 0 Å². The quantitative estimate of drug-likeness (QED) is 0.595. The summed E-state index contributed by atoms with van der Waals surface area (Å²) in [6, 6.07) is 0. The first-order chi connectivity index (χ1) is 4.76. The monoisotopic (exact) mass is 138 g/mol. The molecular formula is C8H14N2. The van der Waals surface area contributed by atoms with Gasteiger partial charge < -0.3 is 10.6 Å². The Balaban J connectivity index is 4.05. The van der Waals surface area contributed by atoms with Crippen molar-refractivity contribution in [2.45, 2.75) is 6.92 Å². The van der Waals surface area contributed by atoms with Crippen molar-refractivity contribution in [2.75, 3.05) is 6.54 Å². The smallest absolute Gasteiger partial charge is 0.0327 e. The van der Waals surface area contributed by atoms with Crippen molar-refractivity contribution < 1.29 is 0 Å². The molecule has 0 aliphatic heterocycles. The zero-order valence-electron chi connectivity index (χ0n) is 6.38. The van der Waals surface area contributed by atoms with E-state index in [1.165, 1.54) is 6.20 Å². The molecule has 0 atom stereocenters. The maximum atomic E-state index is 5.20. The van der Waals surface area contributed by atoms with E-state index in [9.17, 15) is 0 Å². The van der Waals surface area contributed by atoms with E-state index in [2.05, 4.69) is 13.2 Å². The third kappa shape index (κ3) is 2.40. The maximum absolute atomic E-state index is 5.20. The summed E-state index contributed by atoms with van der Waals surface area (Å²) < 4.78 is 0. The molecule has 0 saturated carbocycles. The molecule has 0 bridgehead atoms. The third-order valence-corrected chi connectivity index (χ3v) is 1.21. The molecule has 2 heteroatoms. The summed E-state index contributed by atoms with van der Waals surface area (Å²) in [4.78, 5) is 1.91. The highest BCUT2D eigenvalue weighted by Gasteiger charge is 1.94. The fourth-order valence-corrected chi connectivity index (χ4v) is 0.625. The van der Waals surface area contributed by atoms with Gasteiger partial charge in [-0.25, -0.2) is 0 Å². The van der Waals surface area contributed by atoms with Gasteiger partial charge in [0.25, 0.3) is 0 Å². The molecule has 0 amide bonds. The lowest BCUT2D eigenvalue weighted by Gasteiger charge is -2.16. The van der Waals surface area contributed by atoms with E-state index in [0.717, 1.165) is 12.2 Å². The highest BCUT2D eigenvalue weighted by molar-refractivity contribution is 5.12. The molecule has 2 N–H and O–H groups in total. The summed E-state index contributed by atoms with van der Waals surface area (Å²) in [5, 5.41) is 0. The van der Waals surface area contributed by atoms with E-state index in [0.29, 0.717) is 0 Å². The molecule has 0 unspecified atom stereocenters. The van der Waals surface area contributed by atoms with Crippen LogP contribution in [0.4, 0.5) is 0 Å². The summed E-state index contributed by atoms with van der Waals surface area (Å²) in [7, 11) is 0. The highest BCUT2D eigenvalue weighted by Crippen LogP contribution is 2.01. The van der Waals surface area contributed by atoms with Crippen molar-refractivity contribution >= 4 is 0 Å². The van der Waals surface area contributed by atoms with Crippen LogP contribution < -0.4 is 5.73 Å². The van der Waals surface area contributed by atoms with Crippen LogP contribution in [0.15, 0.2) is 37.3 Å². The van der Waals surface area contributed by atoms with Crippen molar-refractivity contribution in [1.29, 1.82) is 0 Å². The fraction of sp³-hybridized carbons (Fsp3) is 0.250. The number of hydrogen-bond donors (Lipinski definition) is 1. The van der Waals surface area contributed by atoms with Crippen molar-refractivity contribution in [2.24, 2.45) is 5.73 Å². The molecule has 0 aliphatic rings. The van der Waals surface area contributed by atoms with Crippen LogP contribution in [-0.4, -0.2) is 11.4 Å². The second kappa shape index (κ2) is 4.68. The van der Waals surface area contributed by atoms with Crippen molar-refractivity contribution in [3.63, 3.8) is 0 Å². The van der Waals surface area contributed by atoms with Crippen LogP contribution in [0.1, 0.15) is 6.92 Å². The third-order valence-electron chi connectivity index (χ3n) is 1.21. The average Bonchev–Trinajstić information content (AvgIpc) is 1.99. The minimum Gasteiger partial charge on any atom is -0.403 e. The van der Waals surface area contributed by atoms with Crippen LogP contribution in [0.2, 0.25) is 0 Å². The number of nitrogens with two attached hydrogens (primary N) is 1. The molecule has 0 aromatic heterocycles. The number of allylic oxidation sites excluding steroid dienone is 1. The van der Waals surface area contributed by atoms with Gasteiger partial charge in [0.2, 0.25) is 0 Å². The Morgan fingerprint density at radius 1 is 1.70 bits per heavy atom. The predicted molar refractivity (Wildman–Crippen MR) is 45.0 cm³/mol. The number of rotatable bonds is 4. The van der Waals surface area contributed by atoms with E-state index in [1.807, 2.05) is 11.8 Å². The van der Waals surface area contributed by atoms with Gasteiger partial charge in [-0.1, -0.05) is 13.2 Å². The Hall–Kier alpha value is -1.18. The molecule has 0 aromatic carbocycles. The molecule has 0 saturated heterocycles. The van der Waals surface area contributed by atoms with E-state index in [-0.39, 0.29) is 0 Å². The van der Waals surface area contributed by atoms with Crippen LogP contribution in [-0.2, 0) is 0 Å². The highest BCUT2D eigenvalue weighted by atomic mass is 15.1. The SMILES string of the molecule is C=CC(=C)N(/C=C/N)CC. The van der Waals surface area contributed by atoms with Gasteiger partial charge in [0, 0.05) is 24.6 Å². The maximum Gasteiger partial charge on any atom is 0.0327 e. The van der Waals surface area contributed by atoms with E-state index >= 15 is 0 Å². The van der Waals surface area contributed by atoms with Gasteiger partial charge in [0.1, 0.15) is 0 Å². The Labute approximate surface area is 62.3 Å². The average molecular weight is 138 g/mol. The Morgan fingerprint density at radius 3 is 2.60 bits per heavy atom. The predicted octanol–water partition coefficient (Wildman–Crippen LogP) is 1.44. The molecule has 0 radical (unpaired) electrons. The minimum absolute atomic E-state index is 0.860. The summed E-state index contributed by atoms with van der Waals surface area (Å²) >= 11 is 0. The van der Waals surface area contributed by atoms with E-state index in [1.54, 1.807) is 12.3 Å². The first-order valence-electron chi connectivity index (χ1n) is 3.22. The Kier molecular flexibility index (Phi) is 4.12. The summed E-state index contributed by atoms with van der Waals surface area (Å²) in [6.45, 7) is 10.2. The number of nitrogens with zero attached hydrogens (tertiary/aromatic N) is 1. The summed E-state index contributed by atoms with van der Waals surface area (Å²) in [6.07, 6.45) is 4.95. The molecule has 0 rings (SSSR count). The lowest BCUT2D eigenvalue weighted by molar-refractivity contribution is 0.508. The van der Waals surface area contributed by atoms with Gasteiger partial charge in [0.05, 0.1) is 0 Å². The molecule has 0 spiro atoms. The lowest BCUT2D eigenvalue weighted by atomic mass is 10.4. The van der Waals surface area contributed by atoms with Crippen molar-refractivity contribution in [3.8, 4) is 0 Å². The lowest BCUT2D eigenvalue weighted by Crippen LogP contribution is -2.13. The van der Waals surface area contributed by atoms with Gasteiger partial charge in [-0.15, -0.1) is 0 Å². The second-order valence-corrected chi connectivity index (χ2v) is 1.82. The van der Waals surface area contributed by atoms with Gasteiger partial charge in [-0.2, -0.15) is 0 Å². The minimum atomic E-state index is 0.860. The standard InChI is InChI=1S/C8H14N2/c1-4-8(3)10(5-2)7-6-9/h4,6-7H,1,3,5,9H2,2H3/b7-6+. The fourth-order valence-electron chi connectivity index (χ4n) is 0.625. The largest absolute Gasteiger partial charge is 0.403 e. The first-order valence-corrected chi connectivity index (χ1v) is 3.22. The normalized spacial score (nSPS) is 9.70. The number of likely N-dealkylation sites (N-methyl/N-ethyl adjacent to an activating group) is 1. The molecule has 0 fully saturated rings. The topological polar surface area (TPSA) is 29.3 Å². The Morgan fingerprint density at radius 2 is 2.30 bits per heavy atom.